The first-order valence-corrected chi connectivity index (χ1v) is 7.06. The standard InChI is InChI=1S/C14H18N6O/c1-11-8-15-6-7-20(11)14(21)13-10-19(18-17-13)9-12-4-2-3-5-16-12/h2-5,10-11,15H,6-9H2,1H3/t11-/m0/s1. The summed E-state index contributed by atoms with van der Waals surface area (Å²) in [6, 6.07) is 5.88. The van der Waals surface area contributed by atoms with E-state index in [0.29, 0.717) is 18.8 Å². The highest BCUT2D eigenvalue weighted by atomic mass is 16.2. The van der Waals surface area contributed by atoms with Crippen molar-refractivity contribution in [1.29, 1.82) is 0 Å². The average Bonchev–Trinajstić information content (AvgIpc) is 2.97. The van der Waals surface area contributed by atoms with E-state index in [1.807, 2.05) is 30.0 Å². The van der Waals surface area contributed by atoms with Gasteiger partial charge < -0.3 is 10.2 Å². The lowest BCUT2D eigenvalue weighted by Crippen LogP contribution is -2.52. The molecule has 1 N–H and O–H groups in total. The van der Waals surface area contributed by atoms with Gasteiger partial charge in [-0.25, -0.2) is 4.68 Å². The zero-order valence-electron chi connectivity index (χ0n) is 11.9. The van der Waals surface area contributed by atoms with E-state index in [4.69, 9.17) is 0 Å². The Hall–Kier alpha value is -2.28. The summed E-state index contributed by atoms with van der Waals surface area (Å²) in [7, 11) is 0. The third-order valence-electron chi connectivity index (χ3n) is 3.57. The maximum atomic E-state index is 12.4. The normalized spacial score (nSPS) is 18.7. The molecule has 3 rings (SSSR count). The summed E-state index contributed by atoms with van der Waals surface area (Å²) in [5.41, 5.74) is 1.27. The van der Waals surface area contributed by atoms with Crippen molar-refractivity contribution in [1.82, 2.24) is 30.2 Å². The minimum atomic E-state index is -0.0590. The molecule has 1 saturated heterocycles. The average molecular weight is 286 g/mol. The molecule has 2 aromatic heterocycles. The topological polar surface area (TPSA) is 75.9 Å². The van der Waals surface area contributed by atoms with E-state index in [9.17, 15) is 4.79 Å². The first-order valence-electron chi connectivity index (χ1n) is 7.06. The van der Waals surface area contributed by atoms with E-state index in [-0.39, 0.29) is 11.9 Å². The zero-order valence-corrected chi connectivity index (χ0v) is 11.9. The Morgan fingerprint density at radius 2 is 2.38 bits per heavy atom. The lowest BCUT2D eigenvalue weighted by Gasteiger charge is -2.33. The van der Waals surface area contributed by atoms with Crippen LogP contribution in [0.15, 0.2) is 30.6 Å². The van der Waals surface area contributed by atoms with Crippen LogP contribution in [0.4, 0.5) is 0 Å². The van der Waals surface area contributed by atoms with Crippen LogP contribution in [0.3, 0.4) is 0 Å². The zero-order chi connectivity index (χ0) is 14.7. The lowest BCUT2D eigenvalue weighted by atomic mass is 10.2. The van der Waals surface area contributed by atoms with Crippen molar-refractivity contribution in [3.63, 3.8) is 0 Å². The summed E-state index contributed by atoms with van der Waals surface area (Å²) in [6.07, 6.45) is 3.42. The molecule has 1 atom stereocenters. The molecule has 0 radical (unpaired) electrons. The molecule has 110 valence electrons. The minimum Gasteiger partial charge on any atom is -0.332 e. The van der Waals surface area contributed by atoms with Crippen LogP contribution < -0.4 is 5.32 Å². The predicted molar refractivity (Wildman–Crippen MR) is 76.7 cm³/mol. The summed E-state index contributed by atoms with van der Waals surface area (Å²) < 4.78 is 1.64. The third kappa shape index (κ3) is 3.08. The highest BCUT2D eigenvalue weighted by Gasteiger charge is 2.25. The fourth-order valence-electron chi connectivity index (χ4n) is 2.42. The van der Waals surface area contributed by atoms with Crippen LogP contribution in [-0.2, 0) is 6.54 Å². The smallest absolute Gasteiger partial charge is 0.276 e. The molecule has 0 aromatic carbocycles. The Morgan fingerprint density at radius 3 is 3.14 bits per heavy atom. The number of hydrogen-bond acceptors (Lipinski definition) is 5. The van der Waals surface area contributed by atoms with Gasteiger partial charge >= 0.3 is 0 Å². The van der Waals surface area contributed by atoms with E-state index in [1.54, 1.807) is 17.1 Å². The monoisotopic (exact) mass is 286 g/mol. The summed E-state index contributed by atoms with van der Waals surface area (Å²) in [6.45, 7) is 4.87. The van der Waals surface area contributed by atoms with Gasteiger partial charge in [0, 0.05) is 31.9 Å². The summed E-state index contributed by atoms with van der Waals surface area (Å²) >= 11 is 0. The fraction of sp³-hybridized carbons (Fsp3) is 0.429. The van der Waals surface area contributed by atoms with Crippen molar-refractivity contribution >= 4 is 5.91 Å². The number of carbonyl (C=O) groups is 1. The Bertz CT molecular complexity index is 611. The quantitative estimate of drug-likeness (QED) is 0.869. The number of nitrogens with one attached hydrogen (secondary N) is 1. The van der Waals surface area contributed by atoms with Crippen molar-refractivity contribution in [2.75, 3.05) is 19.6 Å². The van der Waals surface area contributed by atoms with Crippen molar-refractivity contribution in [2.45, 2.75) is 19.5 Å². The van der Waals surface area contributed by atoms with Gasteiger partial charge in [-0.15, -0.1) is 5.10 Å². The van der Waals surface area contributed by atoms with Crippen molar-refractivity contribution in [3.05, 3.63) is 42.0 Å². The number of aromatic nitrogens is 4. The Kier molecular flexibility index (Phi) is 3.92. The van der Waals surface area contributed by atoms with E-state index in [1.165, 1.54) is 0 Å². The summed E-state index contributed by atoms with van der Waals surface area (Å²) in [5.74, 6) is -0.0590. The highest BCUT2D eigenvalue weighted by Crippen LogP contribution is 2.08. The van der Waals surface area contributed by atoms with Gasteiger partial charge in [-0.3, -0.25) is 9.78 Å². The SMILES string of the molecule is C[C@H]1CNCCN1C(=O)c1cn(Cc2ccccn2)nn1. The molecule has 0 saturated carbocycles. The van der Waals surface area contributed by atoms with Crippen LogP contribution in [0.25, 0.3) is 0 Å². The highest BCUT2D eigenvalue weighted by molar-refractivity contribution is 5.92. The Balaban J connectivity index is 1.71. The van der Waals surface area contributed by atoms with Crippen molar-refractivity contribution in [2.24, 2.45) is 0 Å². The second-order valence-electron chi connectivity index (χ2n) is 5.17. The van der Waals surface area contributed by atoms with E-state index < -0.39 is 0 Å². The van der Waals surface area contributed by atoms with Gasteiger partial charge in [0.25, 0.3) is 5.91 Å². The van der Waals surface area contributed by atoms with Crippen LogP contribution in [0, 0.1) is 0 Å². The summed E-state index contributed by atoms with van der Waals surface area (Å²) in [5, 5.41) is 11.3. The molecular formula is C14H18N6O. The number of rotatable bonds is 3. The maximum Gasteiger partial charge on any atom is 0.276 e. The molecule has 0 spiro atoms. The van der Waals surface area contributed by atoms with Gasteiger partial charge in [0.2, 0.25) is 0 Å². The van der Waals surface area contributed by atoms with Gasteiger partial charge in [-0.1, -0.05) is 11.3 Å². The molecule has 1 fully saturated rings. The number of hydrogen-bond donors (Lipinski definition) is 1. The van der Waals surface area contributed by atoms with Crippen LogP contribution in [0.5, 0.6) is 0 Å². The van der Waals surface area contributed by atoms with Gasteiger partial charge in [0.1, 0.15) is 0 Å². The second kappa shape index (κ2) is 6.01. The fourth-order valence-corrected chi connectivity index (χ4v) is 2.42. The van der Waals surface area contributed by atoms with Gasteiger partial charge in [0.15, 0.2) is 5.69 Å². The first-order chi connectivity index (χ1) is 10.2. The molecule has 1 aliphatic rings. The molecule has 2 aromatic rings. The molecule has 7 nitrogen and oxygen atoms in total. The van der Waals surface area contributed by atoms with Crippen molar-refractivity contribution < 1.29 is 4.79 Å². The van der Waals surface area contributed by atoms with Gasteiger partial charge in [-0.05, 0) is 19.1 Å². The molecule has 3 heterocycles. The van der Waals surface area contributed by atoms with Crippen molar-refractivity contribution in [3.8, 4) is 0 Å². The maximum absolute atomic E-state index is 12.4. The summed E-state index contributed by atoms with van der Waals surface area (Å²) in [4.78, 5) is 18.5. The van der Waals surface area contributed by atoms with Gasteiger partial charge in [0.05, 0.1) is 18.4 Å². The minimum absolute atomic E-state index is 0.0590. The van der Waals surface area contributed by atoms with E-state index in [0.717, 1.165) is 18.8 Å². The molecule has 1 aliphatic heterocycles. The molecule has 21 heavy (non-hydrogen) atoms. The van der Waals surface area contributed by atoms with Crippen LogP contribution in [0.1, 0.15) is 23.1 Å². The first kappa shape index (κ1) is 13.7. The number of nitrogens with zero attached hydrogens (tertiary/aromatic N) is 5. The molecule has 0 aliphatic carbocycles. The van der Waals surface area contributed by atoms with E-state index in [2.05, 4.69) is 20.6 Å². The van der Waals surface area contributed by atoms with E-state index >= 15 is 0 Å². The predicted octanol–water partition coefficient (Wildman–Crippen LogP) is 0.155. The van der Waals surface area contributed by atoms with Crippen LogP contribution in [0.2, 0.25) is 0 Å². The third-order valence-corrected chi connectivity index (χ3v) is 3.57. The molecular weight excluding hydrogens is 268 g/mol. The number of piperazine rings is 1. The molecule has 0 unspecified atom stereocenters. The van der Waals surface area contributed by atoms with Gasteiger partial charge in [-0.2, -0.15) is 0 Å². The second-order valence-corrected chi connectivity index (χ2v) is 5.17. The number of amides is 1. The largest absolute Gasteiger partial charge is 0.332 e. The number of carbonyl (C=O) groups excluding carboxylic acids is 1. The number of pyridine rings is 1. The molecule has 7 heteroatoms. The lowest BCUT2D eigenvalue weighted by molar-refractivity contribution is 0.0649. The molecule has 0 bridgehead atoms. The van der Waals surface area contributed by atoms with Crippen LogP contribution in [-0.4, -0.2) is 56.5 Å². The Labute approximate surface area is 123 Å². The van der Waals surface area contributed by atoms with Crippen LogP contribution >= 0.6 is 0 Å². The molecule has 1 amide bonds. The Morgan fingerprint density at radius 1 is 1.48 bits per heavy atom.